The first-order valence-electron chi connectivity index (χ1n) is 9.12. The Hall–Kier alpha value is -2.04. The van der Waals surface area contributed by atoms with E-state index in [4.69, 9.17) is 22.1 Å². The van der Waals surface area contributed by atoms with Crippen molar-refractivity contribution in [2.75, 3.05) is 13.2 Å². The molecule has 2 aromatic carbocycles. The van der Waals surface area contributed by atoms with Gasteiger partial charge in [-0.2, -0.15) is 0 Å². The van der Waals surface area contributed by atoms with Crippen LogP contribution in [-0.2, 0) is 16.6 Å². The van der Waals surface area contributed by atoms with Gasteiger partial charge in [-0.1, -0.05) is 36.2 Å². The summed E-state index contributed by atoms with van der Waals surface area (Å²) < 4.78 is 5.55. The Kier molecular flexibility index (Phi) is 4.63. The molecule has 2 aliphatic rings. The van der Waals surface area contributed by atoms with Crippen LogP contribution in [0.1, 0.15) is 42.0 Å². The number of nitrogens with one attached hydrogen (secondary N) is 1. The maximum Gasteiger partial charge on any atom is 0.255 e. The fourth-order valence-electron chi connectivity index (χ4n) is 4.35. The Bertz CT molecular complexity index is 815. The van der Waals surface area contributed by atoms with Crippen LogP contribution >= 0.6 is 11.6 Å². The highest BCUT2D eigenvalue weighted by Crippen LogP contribution is 2.53. The van der Waals surface area contributed by atoms with Crippen molar-refractivity contribution >= 4 is 17.5 Å². The number of rotatable bonds is 5. The van der Waals surface area contributed by atoms with Gasteiger partial charge in [-0.15, -0.1) is 0 Å². The van der Waals surface area contributed by atoms with E-state index in [1.807, 2.05) is 18.2 Å². The smallest absolute Gasteiger partial charge is 0.255 e. The van der Waals surface area contributed by atoms with Crippen LogP contribution in [-0.4, -0.2) is 19.1 Å². The number of nitrogens with two attached hydrogens (primary N) is 1. The average Bonchev–Trinajstić information content (AvgIpc) is 2.60. The number of carbonyl (C=O) groups is 1. The molecule has 1 unspecified atom stereocenters. The van der Waals surface area contributed by atoms with Crippen LogP contribution in [0.2, 0.25) is 5.02 Å². The van der Waals surface area contributed by atoms with Gasteiger partial charge < -0.3 is 15.8 Å². The first kappa shape index (κ1) is 17.4. The highest BCUT2D eigenvalue weighted by Gasteiger charge is 2.47. The zero-order valence-electron chi connectivity index (χ0n) is 14.6. The normalized spacial score (nSPS) is 20.7. The number of fused-ring (bicyclic) bond motifs is 1. The second-order valence-corrected chi connectivity index (χ2v) is 7.71. The largest absolute Gasteiger partial charge is 0.484 e. The Morgan fingerprint density at radius 2 is 2.00 bits per heavy atom. The molecule has 2 aromatic rings. The Morgan fingerprint density at radius 3 is 2.65 bits per heavy atom. The third-order valence-electron chi connectivity index (χ3n) is 5.77. The molecule has 4 nitrogen and oxygen atoms in total. The summed E-state index contributed by atoms with van der Waals surface area (Å²) in [6, 6.07) is 14.6. The van der Waals surface area contributed by atoms with E-state index < -0.39 is 5.91 Å². The first-order valence-corrected chi connectivity index (χ1v) is 9.50. The minimum absolute atomic E-state index is 0.0854. The second-order valence-electron chi connectivity index (χ2n) is 7.27. The van der Waals surface area contributed by atoms with Gasteiger partial charge in [0.05, 0.1) is 0 Å². The molecule has 4 rings (SSSR count). The molecule has 3 N–H and O–H groups in total. The van der Waals surface area contributed by atoms with Gasteiger partial charge >= 0.3 is 0 Å². The van der Waals surface area contributed by atoms with E-state index in [9.17, 15) is 4.79 Å². The zero-order valence-corrected chi connectivity index (χ0v) is 15.4. The summed E-state index contributed by atoms with van der Waals surface area (Å²) in [5.74, 6) is 0.232. The van der Waals surface area contributed by atoms with Crippen molar-refractivity contribution in [3.05, 3.63) is 64.2 Å². The molecule has 1 aliphatic heterocycles. The van der Waals surface area contributed by atoms with E-state index in [1.54, 1.807) is 0 Å². The Balaban J connectivity index is 1.70. The van der Waals surface area contributed by atoms with Gasteiger partial charge in [0.15, 0.2) is 6.61 Å². The molecule has 136 valence electrons. The van der Waals surface area contributed by atoms with Crippen molar-refractivity contribution in [1.29, 1.82) is 0 Å². The molecule has 0 bridgehead atoms. The van der Waals surface area contributed by atoms with E-state index in [-0.39, 0.29) is 18.1 Å². The molecule has 1 amide bonds. The van der Waals surface area contributed by atoms with Crippen molar-refractivity contribution in [2.45, 2.75) is 37.1 Å². The van der Waals surface area contributed by atoms with Gasteiger partial charge in [-0.05, 0) is 66.8 Å². The maximum absolute atomic E-state index is 11.0. The van der Waals surface area contributed by atoms with Gasteiger partial charge in [0.1, 0.15) is 5.75 Å². The number of amides is 1. The zero-order chi connectivity index (χ0) is 18.1. The van der Waals surface area contributed by atoms with Crippen molar-refractivity contribution in [3.8, 4) is 5.75 Å². The van der Waals surface area contributed by atoms with Gasteiger partial charge in [0.25, 0.3) is 5.91 Å². The molecule has 5 heteroatoms. The van der Waals surface area contributed by atoms with E-state index in [0.717, 1.165) is 30.8 Å². The molecular weight excluding hydrogens is 348 g/mol. The average molecular weight is 371 g/mol. The van der Waals surface area contributed by atoms with Gasteiger partial charge in [0.2, 0.25) is 0 Å². The van der Waals surface area contributed by atoms with Crippen LogP contribution in [0.15, 0.2) is 42.5 Å². The Morgan fingerprint density at radius 1 is 1.23 bits per heavy atom. The maximum atomic E-state index is 11.0. The number of halogens is 1. The fraction of sp³-hybridized carbons (Fsp3) is 0.381. The molecule has 1 heterocycles. The molecule has 0 radical (unpaired) electrons. The molecule has 0 spiro atoms. The molecule has 1 aliphatic carbocycles. The van der Waals surface area contributed by atoms with Gasteiger partial charge in [-0.25, -0.2) is 0 Å². The van der Waals surface area contributed by atoms with Crippen molar-refractivity contribution in [2.24, 2.45) is 5.73 Å². The highest BCUT2D eigenvalue weighted by molar-refractivity contribution is 6.30. The number of primary amides is 1. The van der Waals surface area contributed by atoms with Crippen molar-refractivity contribution < 1.29 is 9.53 Å². The summed E-state index contributed by atoms with van der Waals surface area (Å²) in [5, 5.41) is 4.51. The lowest BCUT2D eigenvalue weighted by Crippen LogP contribution is -2.49. The van der Waals surface area contributed by atoms with E-state index in [1.165, 1.54) is 23.1 Å². The van der Waals surface area contributed by atoms with Crippen LogP contribution in [0.5, 0.6) is 5.75 Å². The summed E-state index contributed by atoms with van der Waals surface area (Å²) in [7, 11) is 0. The summed E-state index contributed by atoms with van der Waals surface area (Å²) in [6.45, 7) is 0.869. The molecule has 1 fully saturated rings. The lowest BCUT2D eigenvalue weighted by atomic mass is 9.58. The van der Waals surface area contributed by atoms with Crippen LogP contribution < -0.4 is 15.8 Å². The minimum atomic E-state index is -0.464. The molecule has 26 heavy (non-hydrogen) atoms. The number of ether oxygens (including phenoxy) is 1. The van der Waals surface area contributed by atoms with Crippen molar-refractivity contribution in [3.63, 3.8) is 0 Å². The van der Waals surface area contributed by atoms with Crippen LogP contribution in [0.25, 0.3) is 0 Å². The summed E-state index contributed by atoms with van der Waals surface area (Å²) in [6.07, 6.45) is 4.53. The fourth-order valence-corrected chi connectivity index (χ4v) is 4.48. The predicted molar refractivity (Wildman–Crippen MR) is 103 cm³/mol. The first-order chi connectivity index (χ1) is 12.6. The van der Waals surface area contributed by atoms with Crippen LogP contribution in [0.3, 0.4) is 0 Å². The summed E-state index contributed by atoms with van der Waals surface area (Å²) >= 11 is 6.10. The quantitative estimate of drug-likeness (QED) is 0.846. The Labute approximate surface area is 158 Å². The van der Waals surface area contributed by atoms with E-state index in [0.29, 0.717) is 5.75 Å². The number of hydrogen-bond donors (Lipinski definition) is 2. The third kappa shape index (κ3) is 3.08. The molecule has 0 saturated heterocycles. The van der Waals surface area contributed by atoms with E-state index >= 15 is 0 Å². The second kappa shape index (κ2) is 6.93. The van der Waals surface area contributed by atoms with Crippen molar-refractivity contribution in [1.82, 2.24) is 5.32 Å². The molecule has 1 saturated carbocycles. The standard InChI is InChI=1S/C21H23ClN2O2/c22-16-5-3-15(4-6-16)21(9-1-10-21)20-18-12-17(26-13-19(23)25)7-2-14(18)8-11-24-20/h2-7,12,20,24H,1,8-11,13H2,(H2,23,25). The molecular formula is C21H23ClN2O2. The lowest BCUT2D eigenvalue weighted by molar-refractivity contribution is -0.119. The highest BCUT2D eigenvalue weighted by atomic mass is 35.5. The number of hydrogen-bond acceptors (Lipinski definition) is 3. The predicted octanol–water partition coefficient (Wildman–Crippen LogP) is 3.51. The lowest BCUT2D eigenvalue weighted by Gasteiger charge is -2.50. The molecule has 1 atom stereocenters. The summed E-state index contributed by atoms with van der Waals surface area (Å²) in [5.41, 5.74) is 9.25. The number of benzene rings is 2. The van der Waals surface area contributed by atoms with Crippen LogP contribution in [0, 0.1) is 0 Å². The SMILES string of the molecule is NC(=O)COc1ccc2c(c1)C(C1(c3ccc(Cl)cc3)CCC1)NCC2. The minimum Gasteiger partial charge on any atom is -0.484 e. The van der Waals surface area contributed by atoms with Gasteiger partial charge in [-0.3, -0.25) is 4.79 Å². The summed E-state index contributed by atoms with van der Waals surface area (Å²) in [4.78, 5) is 11.0. The monoisotopic (exact) mass is 370 g/mol. The third-order valence-corrected chi connectivity index (χ3v) is 6.02. The topological polar surface area (TPSA) is 64.4 Å². The van der Waals surface area contributed by atoms with E-state index in [2.05, 4.69) is 29.6 Å². The number of carbonyl (C=O) groups excluding carboxylic acids is 1. The molecule has 0 aromatic heterocycles. The van der Waals surface area contributed by atoms with Gasteiger partial charge in [0, 0.05) is 16.5 Å². The van der Waals surface area contributed by atoms with Crippen LogP contribution in [0.4, 0.5) is 0 Å².